The van der Waals surface area contributed by atoms with Crippen LogP contribution in [0.1, 0.15) is 0 Å². The van der Waals surface area contributed by atoms with Crippen LogP contribution in [0.15, 0.2) is 237 Å². The SMILES string of the molecule is c1ccc2c(c1)sc1ccc3c(c4ccccc4n3-c3ccc(B(c4ccc(-n5c6ccccc6c6c7c(ccc65)sc5ccccc57)nc4)c4ccc(-n5c6ccccc6c6c7c(ccc65)sc5ccccc57)nc4)cn3)c12. The van der Waals surface area contributed by atoms with Crippen LogP contribution in [0.25, 0.3) is 143 Å². The lowest BCUT2D eigenvalue weighted by atomic mass is 9.37. The van der Waals surface area contributed by atoms with Crippen LogP contribution in [0.4, 0.5) is 0 Å². The van der Waals surface area contributed by atoms with Gasteiger partial charge in [0.25, 0.3) is 0 Å². The van der Waals surface area contributed by atoms with Crippen LogP contribution >= 0.6 is 34.0 Å². The van der Waals surface area contributed by atoms with Crippen LogP contribution in [-0.4, -0.2) is 35.4 Å². The quantitative estimate of drug-likeness (QED) is 0.156. The van der Waals surface area contributed by atoms with E-state index in [-0.39, 0.29) is 6.71 Å². The standard InChI is InChI=1S/C69H39BN6S3/c1-7-19-49-43(13-1)64-52(28-31-58-67(64)46-16-4-10-22-55(46)77-58)74(49)61-34-25-40(37-71-61)70(41-26-35-62(72-38-41)75-50-20-8-2-14-44(50)65-53(75)29-32-59-68(65)47-17-5-11-23-56(47)78-59)42-27-36-63(73-39-42)76-51-21-9-3-15-45(51)66-54(76)30-33-60-69(66)48-18-6-12-24-57(48)79-60/h1-39H. The number of fused-ring (bicyclic) bond motifs is 21. The topological polar surface area (TPSA) is 53.5 Å². The average molecular weight is 1060 g/mol. The van der Waals surface area contributed by atoms with Gasteiger partial charge in [0, 0.05) is 111 Å². The first-order chi connectivity index (χ1) is 39.2. The van der Waals surface area contributed by atoms with Crippen molar-refractivity contribution < 1.29 is 0 Å². The molecule has 18 aromatic rings. The average Bonchev–Trinajstić information content (AvgIpc) is 4.30. The zero-order chi connectivity index (χ0) is 51.4. The third-order valence-electron chi connectivity index (χ3n) is 16.5. The predicted octanol–water partition coefficient (Wildman–Crippen LogP) is 16.8. The molecule has 10 heteroatoms. The molecule has 18 rings (SSSR count). The summed E-state index contributed by atoms with van der Waals surface area (Å²) in [5, 5.41) is 15.2. The van der Waals surface area contributed by atoms with Gasteiger partial charge in [-0.15, -0.1) is 34.0 Å². The summed E-state index contributed by atoms with van der Waals surface area (Å²) in [6.45, 7) is -0.232. The van der Waals surface area contributed by atoms with Crippen molar-refractivity contribution in [3.05, 3.63) is 237 Å². The van der Waals surface area contributed by atoms with Crippen LogP contribution in [0.3, 0.4) is 0 Å². The Kier molecular flexibility index (Phi) is 9.13. The minimum Gasteiger partial charge on any atom is -0.294 e. The Morgan fingerprint density at radius 2 is 0.532 bits per heavy atom. The fraction of sp³-hybridized carbons (Fsp3) is 0. The predicted molar refractivity (Wildman–Crippen MR) is 339 cm³/mol. The van der Waals surface area contributed by atoms with E-state index in [0.717, 1.165) is 66.9 Å². The third-order valence-corrected chi connectivity index (χ3v) is 19.9. The smallest absolute Gasteiger partial charge is 0.247 e. The van der Waals surface area contributed by atoms with Gasteiger partial charge in [0.2, 0.25) is 6.71 Å². The highest BCUT2D eigenvalue weighted by Crippen LogP contribution is 2.46. The monoisotopic (exact) mass is 1060 g/mol. The zero-order valence-corrected chi connectivity index (χ0v) is 44.5. The molecule has 0 spiro atoms. The molecule has 79 heavy (non-hydrogen) atoms. The molecule has 0 aliphatic rings. The van der Waals surface area contributed by atoms with E-state index in [2.05, 4.69) is 251 Å². The number of thiophene rings is 3. The summed E-state index contributed by atoms with van der Waals surface area (Å²) in [4.78, 5) is 16.1. The fourth-order valence-electron chi connectivity index (χ4n) is 13.2. The highest BCUT2D eigenvalue weighted by Gasteiger charge is 2.27. The van der Waals surface area contributed by atoms with E-state index in [1.807, 2.05) is 34.0 Å². The molecule has 9 aromatic carbocycles. The summed E-state index contributed by atoms with van der Waals surface area (Å²) in [6, 6.07) is 79.6. The van der Waals surface area contributed by atoms with Gasteiger partial charge in [-0.2, -0.15) is 0 Å². The van der Waals surface area contributed by atoms with E-state index >= 15 is 0 Å². The summed E-state index contributed by atoms with van der Waals surface area (Å²) in [6.07, 6.45) is 6.19. The second-order valence-electron chi connectivity index (χ2n) is 20.6. The number of para-hydroxylation sites is 3. The lowest BCUT2D eigenvalue weighted by molar-refractivity contribution is 1.08. The van der Waals surface area contributed by atoms with E-state index < -0.39 is 0 Å². The van der Waals surface area contributed by atoms with Crippen molar-refractivity contribution in [2.75, 3.05) is 0 Å². The molecule has 0 bridgehead atoms. The van der Waals surface area contributed by atoms with Gasteiger partial charge in [-0.05, 0) is 91.0 Å². The Labute approximate surface area is 463 Å². The first-order valence-electron chi connectivity index (χ1n) is 26.6. The molecule has 0 atom stereocenters. The maximum atomic E-state index is 5.38. The van der Waals surface area contributed by atoms with Crippen molar-refractivity contribution in [2.45, 2.75) is 0 Å². The summed E-state index contributed by atoms with van der Waals surface area (Å²) in [5.41, 5.74) is 9.97. The molecule has 0 saturated heterocycles. The highest BCUT2D eigenvalue weighted by molar-refractivity contribution is 7.27. The van der Waals surface area contributed by atoms with Gasteiger partial charge >= 0.3 is 0 Å². The zero-order valence-electron chi connectivity index (χ0n) is 42.0. The number of aromatic nitrogens is 6. The molecule has 0 N–H and O–H groups in total. The molecular weight excluding hydrogens is 1020 g/mol. The van der Waals surface area contributed by atoms with Crippen molar-refractivity contribution in [1.82, 2.24) is 28.7 Å². The van der Waals surface area contributed by atoms with Gasteiger partial charge in [-0.25, -0.2) is 15.0 Å². The van der Waals surface area contributed by atoms with E-state index in [1.54, 1.807) is 0 Å². The Morgan fingerprint density at radius 1 is 0.241 bits per heavy atom. The lowest BCUT2D eigenvalue weighted by Gasteiger charge is -2.17. The number of hydrogen-bond acceptors (Lipinski definition) is 6. The maximum Gasteiger partial charge on any atom is 0.247 e. The van der Waals surface area contributed by atoms with Crippen molar-refractivity contribution in [2.24, 2.45) is 0 Å². The molecule has 9 heterocycles. The number of benzene rings is 9. The van der Waals surface area contributed by atoms with Crippen LogP contribution in [-0.2, 0) is 0 Å². The molecule has 0 aliphatic heterocycles. The van der Waals surface area contributed by atoms with Crippen molar-refractivity contribution in [3.8, 4) is 17.5 Å². The van der Waals surface area contributed by atoms with Gasteiger partial charge in [0.15, 0.2) is 0 Å². The summed E-state index contributed by atoms with van der Waals surface area (Å²) < 4.78 is 14.8. The highest BCUT2D eigenvalue weighted by atomic mass is 32.1. The molecule has 0 radical (unpaired) electrons. The molecule has 6 nitrogen and oxygen atoms in total. The Bertz CT molecular complexity index is 5020. The first-order valence-corrected chi connectivity index (χ1v) is 29.0. The molecule has 0 aliphatic carbocycles. The first kappa shape index (κ1) is 43.6. The van der Waals surface area contributed by atoms with Crippen LogP contribution in [0.5, 0.6) is 0 Å². The van der Waals surface area contributed by atoms with Crippen molar-refractivity contribution in [1.29, 1.82) is 0 Å². The van der Waals surface area contributed by atoms with Gasteiger partial charge < -0.3 is 0 Å². The molecule has 0 saturated carbocycles. The van der Waals surface area contributed by atoms with E-state index in [9.17, 15) is 0 Å². The van der Waals surface area contributed by atoms with Crippen molar-refractivity contribution in [3.63, 3.8) is 0 Å². The Hall–Kier alpha value is -9.45. The normalized spacial score (nSPS) is 12.3. The van der Waals surface area contributed by atoms with E-state index in [4.69, 9.17) is 15.0 Å². The summed E-state index contributed by atoms with van der Waals surface area (Å²) in [7, 11) is 0. The van der Waals surface area contributed by atoms with E-state index in [0.29, 0.717) is 0 Å². The fourth-order valence-corrected chi connectivity index (χ4v) is 16.6. The number of pyridine rings is 3. The lowest BCUT2D eigenvalue weighted by Crippen LogP contribution is -2.52. The molecule has 0 unspecified atom stereocenters. The second kappa shape index (κ2) is 16.5. The summed E-state index contributed by atoms with van der Waals surface area (Å²) in [5.74, 6) is 2.60. The summed E-state index contributed by atoms with van der Waals surface area (Å²) >= 11 is 5.57. The molecule has 366 valence electrons. The van der Waals surface area contributed by atoms with Gasteiger partial charge in [-0.3, -0.25) is 13.7 Å². The largest absolute Gasteiger partial charge is 0.294 e. The number of nitrogens with zero attached hydrogens (tertiary/aromatic N) is 6. The molecule has 0 amide bonds. The van der Waals surface area contributed by atoms with Gasteiger partial charge in [-0.1, -0.05) is 144 Å². The van der Waals surface area contributed by atoms with E-state index in [1.165, 1.54) is 92.8 Å². The van der Waals surface area contributed by atoms with Crippen LogP contribution in [0, 0.1) is 0 Å². The Morgan fingerprint density at radius 3 is 0.835 bits per heavy atom. The molecule has 9 aromatic heterocycles. The Balaban J connectivity index is 0.804. The minimum absolute atomic E-state index is 0.232. The number of rotatable bonds is 6. The second-order valence-corrected chi connectivity index (χ2v) is 23.9. The van der Waals surface area contributed by atoms with Gasteiger partial charge in [0.1, 0.15) is 17.5 Å². The van der Waals surface area contributed by atoms with Crippen molar-refractivity contribution >= 4 is 183 Å². The molecular formula is C69H39BN6S3. The molecule has 0 fully saturated rings. The maximum absolute atomic E-state index is 5.38. The van der Waals surface area contributed by atoms with Crippen LogP contribution < -0.4 is 16.4 Å². The van der Waals surface area contributed by atoms with Crippen LogP contribution in [0.2, 0.25) is 0 Å². The third kappa shape index (κ3) is 6.19. The number of hydrogen-bond donors (Lipinski definition) is 0. The van der Waals surface area contributed by atoms with Gasteiger partial charge in [0.05, 0.1) is 33.1 Å². The minimum atomic E-state index is -0.232.